The largest absolute Gasteiger partial charge is 0.282 e. The molecule has 0 unspecified atom stereocenters. The zero-order chi connectivity index (χ0) is 20.4. The molecule has 3 aromatic rings. The highest BCUT2D eigenvalue weighted by Gasteiger charge is 2.32. The van der Waals surface area contributed by atoms with E-state index in [0.717, 1.165) is 5.56 Å². The summed E-state index contributed by atoms with van der Waals surface area (Å²) in [5.41, 5.74) is 1.98. The molecule has 1 heterocycles. The lowest BCUT2D eigenvalue weighted by molar-refractivity contribution is -0.384. The maximum Gasteiger partial charge on any atom is 0.282 e. The number of nitro groups is 1. The molecular weight excluding hydrogens is 373 g/mol. The van der Waals surface area contributed by atoms with Crippen LogP contribution in [0.4, 0.5) is 15.8 Å². The molecule has 3 aromatic carbocycles. The fourth-order valence-electron chi connectivity index (χ4n) is 2.98. The van der Waals surface area contributed by atoms with Gasteiger partial charge in [0, 0.05) is 17.7 Å². The molecule has 0 N–H and O–H groups in total. The first-order chi connectivity index (χ1) is 14.0. The van der Waals surface area contributed by atoms with Gasteiger partial charge in [-0.2, -0.15) is 0 Å². The average molecular weight is 387 g/mol. The molecule has 7 heteroatoms. The van der Waals surface area contributed by atoms with E-state index in [-0.39, 0.29) is 17.3 Å². The molecule has 0 saturated heterocycles. The van der Waals surface area contributed by atoms with Gasteiger partial charge in [-0.3, -0.25) is 19.8 Å². The topological polar surface area (TPSA) is 75.8 Å². The standard InChI is InChI=1S/C22H14FN3O3/c23-17-8-12-18(13-9-17)25-21(16-4-2-1-3-5-16)24-20(22(25)27)14-15-6-10-19(11-7-15)26(28)29/h1-14H/b20-14-. The predicted octanol–water partition coefficient (Wildman–Crippen LogP) is 4.57. The van der Waals surface area contributed by atoms with Gasteiger partial charge >= 0.3 is 0 Å². The molecule has 0 spiro atoms. The molecule has 0 aromatic heterocycles. The van der Waals surface area contributed by atoms with Gasteiger partial charge in [-0.1, -0.05) is 30.3 Å². The molecule has 6 nitrogen and oxygen atoms in total. The van der Waals surface area contributed by atoms with Gasteiger partial charge in [0.15, 0.2) is 0 Å². The number of rotatable bonds is 4. The minimum Gasteiger partial charge on any atom is -0.266 e. The van der Waals surface area contributed by atoms with Crippen LogP contribution < -0.4 is 4.90 Å². The molecule has 142 valence electrons. The molecule has 0 fully saturated rings. The van der Waals surface area contributed by atoms with Crippen LogP contribution >= 0.6 is 0 Å². The van der Waals surface area contributed by atoms with E-state index in [1.807, 2.05) is 30.3 Å². The van der Waals surface area contributed by atoms with Gasteiger partial charge in [0.25, 0.3) is 11.6 Å². The zero-order valence-electron chi connectivity index (χ0n) is 15.0. The van der Waals surface area contributed by atoms with Crippen molar-refractivity contribution in [3.8, 4) is 0 Å². The third kappa shape index (κ3) is 3.66. The quantitative estimate of drug-likeness (QED) is 0.374. The smallest absolute Gasteiger partial charge is 0.266 e. The lowest BCUT2D eigenvalue weighted by atomic mass is 10.1. The first-order valence-corrected chi connectivity index (χ1v) is 8.73. The van der Waals surface area contributed by atoms with E-state index in [1.165, 1.54) is 41.3 Å². The van der Waals surface area contributed by atoms with Crippen molar-refractivity contribution in [3.63, 3.8) is 0 Å². The summed E-state index contributed by atoms with van der Waals surface area (Å²) in [6.45, 7) is 0. The van der Waals surface area contributed by atoms with Gasteiger partial charge in [0.05, 0.1) is 10.6 Å². The number of nitrogens with zero attached hydrogens (tertiary/aromatic N) is 3. The highest BCUT2D eigenvalue weighted by molar-refractivity contribution is 6.33. The second kappa shape index (κ2) is 7.47. The van der Waals surface area contributed by atoms with Crippen molar-refractivity contribution in [2.45, 2.75) is 0 Å². The molecule has 4 rings (SSSR count). The first-order valence-electron chi connectivity index (χ1n) is 8.73. The van der Waals surface area contributed by atoms with Crippen molar-refractivity contribution in [2.24, 2.45) is 4.99 Å². The Kier molecular flexibility index (Phi) is 4.70. The lowest BCUT2D eigenvalue weighted by Gasteiger charge is -2.18. The fraction of sp³-hybridized carbons (Fsp3) is 0. The Morgan fingerprint density at radius 3 is 2.21 bits per heavy atom. The first kappa shape index (κ1) is 18.2. The number of benzene rings is 3. The third-order valence-corrected chi connectivity index (χ3v) is 4.38. The molecule has 0 atom stereocenters. The summed E-state index contributed by atoms with van der Waals surface area (Å²) in [5, 5.41) is 10.8. The SMILES string of the molecule is O=C1/C(=C/c2ccc([N+](=O)[O-])cc2)N=C(c2ccccc2)N1c1ccc(F)cc1. The van der Waals surface area contributed by atoms with Crippen LogP contribution in [0.15, 0.2) is 89.6 Å². The van der Waals surface area contributed by atoms with Crippen molar-refractivity contribution in [2.75, 3.05) is 4.90 Å². The second-order valence-corrected chi connectivity index (χ2v) is 6.30. The second-order valence-electron chi connectivity index (χ2n) is 6.30. The summed E-state index contributed by atoms with van der Waals surface area (Å²) >= 11 is 0. The summed E-state index contributed by atoms with van der Waals surface area (Å²) in [5.74, 6) is -0.343. The molecule has 29 heavy (non-hydrogen) atoms. The number of anilines is 1. The summed E-state index contributed by atoms with van der Waals surface area (Å²) in [7, 11) is 0. The van der Waals surface area contributed by atoms with Crippen molar-refractivity contribution >= 4 is 29.2 Å². The van der Waals surface area contributed by atoms with E-state index < -0.39 is 10.7 Å². The summed E-state index contributed by atoms with van der Waals surface area (Å²) < 4.78 is 13.4. The minimum absolute atomic E-state index is 0.0358. The lowest BCUT2D eigenvalue weighted by Crippen LogP contribution is -2.32. The average Bonchev–Trinajstić information content (AvgIpc) is 3.06. The molecule has 0 radical (unpaired) electrons. The van der Waals surface area contributed by atoms with E-state index in [0.29, 0.717) is 17.1 Å². The van der Waals surface area contributed by atoms with Crippen LogP contribution in [0.3, 0.4) is 0 Å². The van der Waals surface area contributed by atoms with Gasteiger partial charge in [-0.05, 0) is 48.0 Å². The number of aliphatic imine (C=N–C) groups is 1. The number of nitro benzene ring substituents is 1. The number of hydrogen-bond acceptors (Lipinski definition) is 4. The Labute approximate surface area is 165 Å². The van der Waals surface area contributed by atoms with E-state index >= 15 is 0 Å². The number of amidine groups is 1. The highest BCUT2D eigenvalue weighted by Crippen LogP contribution is 2.28. The highest BCUT2D eigenvalue weighted by atomic mass is 19.1. The molecule has 1 amide bonds. The van der Waals surface area contributed by atoms with Gasteiger partial charge in [-0.15, -0.1) is 0 Å². The number of carbonyl (C=O) groups excluding carboxylic acids is 1. The maximum atomic E-state index is 13.4. The zero-order valence-corrected chi connectivity index (χ0v) is 15.0. The summed E-state index contributed by atoms with van der Waals surface area (Å²) in [6.07, 6.45) is 1.57. The van der Waals surface area contributed by atoms with Crippen LogP contribution in [-0.4, -0.2) is 16.7 Å². The van der Waals surface area contributed by atoms with Crippen molar-refractivity contribution < 1.29 is 14.1 Å². The Balaban J connectivity index is 1.77. The van der Waals surface area contributed by atoms with Crippen LogP contribution in [0.5, 0.6) is 0 Å². The Hall–Kier alpha value is -4.13. The fourth-order valence-corrected chi connectivity index (χ4v) is 2.98. The van der Waals surface area contributed by atoms with Crippen molar-refractivity contribution in [1.29, 1.82) is 0 Å². The number of non-ortho nitro benzene ring substituents is 1. The van der Waals surface area contributed by atoms with Crippen molar-refractivity contribution in [1.82, 2.24) is 0 Å². The molecule has 0 bridgehead atoms. The van der Waals surface area contributed by atoms with Crippen LogP contribution in [0.1, 0.15) is 11.1 Å². The number of amides is 1. The minimum atomic E-state index is -0.487. The monoisotopic (exact) mass is 387 g/mol. The van der Waals surface area contributed by atoms with Crippen LogP contribution in [0.2, 0.25) is 0 Å². The van der Waals surface area contributed by atoms with E-state index in [4.69, 9.17) is 0 Å². The summed E-state index contributed by atoms with van der Waals surface area (Å²) in [6, 6.07) is 20.6. The Morgan fingerprint density at radius 1 is 0.931 bits per heavy atom. The summed E-state index contributed by atoms with van der Waals surface area (Å²) in [4.78, 5) is 29.3. The number of hydrogen-bond donors (Lipinski definition) is 0. The maximum absolute atomic E-state index is 13.4. The van der Waals surface area contributed by atoms with Crippen LogP contribution in [-0.2, 0) is 4.79 Å². The number of halogens is 1. The van der Waals surface area contributed by atoms with E-state index in [2.05, 4.69) is 4.99 Å². The third-order valence-electron chi connectivity index (χ3n) is 4.38. The molecule has 0 aliphatic carbocycles. The Morgan fingerprint density at radius 2 is 1.59 bits per heavy atom. The molecule has 1 aliphatic heterocycles. The Bertz CT molecular complexity index is 1140. The van der Waals surface area contributed by atoms with Crippen LogP contribution in [0.25, 0.3) is 6.08 Å². The van der Waals surface area contributed by atoms with Gasteiger partial charge in [-0.25, -0.2) is 9.38 Å². The predicted molar refractivity (Wildman–Crippen MR) is 108 cm³/mol. The molecular formula is C22H14FN3O3. The van der Waals surface area contributed by atoms with E-state index in [9.17, 15) is 19.3 Å². The normalized spacial score (nSPS) is 14.9. The van der Waals surface area contributed by atoms with Gasteiger partial charge in [0.2, 0.25) is 0 Å². The van der Waals surface area contributed by atoms with Crippen LogP contribution in [0, 0.1) is 15.9 Å². The van der Waals surface area contributed by atoms with E-state index in [1.54, 1.807) is 18.2 Å². The van der Waals surface area contributed by atoms with Gasteiger partial charge in [0.1, 0.15) is 17.3 Å². The molecule has 0 saturated carbocycles. The molecule has 1 aliphatic rings. The van der Waals surface area contributed by atoms with Gasteiger partial charge < -0.3 is 0 Å². The number of carbonyl (C=O) groups is 1. The van der Waals surface area contributed by atoms with Crippen molar-refractivity contribution in [3.05, 3.63) is 112 Å².